The molecule has 2 aromatic heterocycles. The molecule has 2 fully saturated rings. The number of carboxylic acids is 1. The number of carbonyl (C=O) groups is 1. The van der Waals surface area contributed by atoms with E-state index >= 15 is 0 Å². The van der Waals surface area contributed by atoms with Gasteiger partial charge in [-0.3, -0.25) is 4.98 Å². The molecule has 11 heteroatoms. The van der Waals surface area contributed by atoms with Crippen LogP contribution >= 0.6 is 11.6 Å². The van der Waals surface area contributed by atoms with Gasteiger partial charge in [-0.2, -0.15) is 0 Å². The van der Waals surface area contributed by atoms with Crippen molar-refractivity contribution in [1.29, 1.82) is 0 Å². The third-order valence-corrected chi connectivity index (χ3v) is 8.07. The summed E-state index contributed by atoms with van der Waals surface area (Å²) in [5.74, 6) is -0.123. The molecule has 2 atom stereocenters. The summed E-state index contributed by atoms with van der Waals surface area (Å²) in [6.45, 7) is 2.06. The first-order chi connectivity index (χ1) is 19.5. The molecule has 2 aliphatic carbocycles. The maximum Gasteiger partial charge on any atom is 0.573 e. The minimum Gasteiger partial charge on any atom is -0.489 e. The zero-order valence-electron chi connectivity index (χ0n) is 21.7. The molecule has 0 spiro atoms. The Balaban J connectivity index is 1.22. The first kappa shape index (κ1) is 27.1. The molecule has 41 heavy (non-hydrogen) atoms. The number of hydrogen-bond acceptors (Lipinski definition) is 6. The molecule has 212 valence electrons. The maximum atomic E-state index is 13.0. The number of ether oxygens (including phenoxy) is 2. The Morgan fingerprint density at radius 2 is 1.95 bits per heavy atom. The molecule has 0 saturated heterocycles. The van der Waals surface area contributed by atoms with Crippen molar-refractivity contribution in [1.82, 2.24) is 10.1 Å². The summed E-state index contributed by atoms with van der Waals surface area (Å²) < 4.78 is 55.0. The van der Waals surface area contributed by atoms with Gasteiger partial charge in [-0.05, 0) is 66.6 Å². The molecule has 7 nitrogen and oxygen atoms in total. The summed E-state index contributed by atoms with van der Waals surface area (Å²) in [6, 6.07) is 12.8. The van der Waals surface area contributed by atoms with Gasteiger partial charge in [0.1, 0.15) is 29.6 Å². The fourth-order valence-electron chi connectivity index (χ4n) is 5.26. The lowest BCUT2D eigenvalue weighted by Crippen LogP contribution is -2.17. The standard InChI is InChI=1S/C30H24ClF3N2O5/c1-29(18-10-17(28(37)38)13-35-14-18)12-23(29)20-9-8-19(11-24(20)31)39-15-22-26(36-41-27(22)16-6-7-16)21-4-2-3-5-25(21)40-30(32,33)34/h2-5,8-11,13-14,16,23H,6-7,12,15H2,1H3,(H,37,38). The summed E-state index contributed by atoms with van der Waals surface area (Å²) in [7, 11) is 0. The molecule has 2 saturated carbocycles. The average molecular weight is 585 g/mol. The first-order valence-corrected chi connectivity index (χ1v) is 13.4. The number of aromatic nitrogens is 2. The van der Waals surface area contributed by atoms with Gasteiger partial charge in [0.15, 0.2) is 0 Å². The van der Waals surface area contributed by atoms with E-state index in [1.54, 1.807) is 30.5 Å². The fraction of sp³-hybridized carbons (Fsp3) is 0.300. The van der Waals surface area contributed by atoms with Crippen LogP contribution in [0.4, 0.5) is 13.2 Å². The Hall–Kier alpha value is -4.05. The number of carboxylic acid groups (broad SMARTS) is 1. The Kier molecular flexibility index (Phi) is 6.68. The van der Waals surface area contributed by atoms with Crippen LogP contribution in [0.25, 0.3) is 11.3 Å². The molecule has 2 unspecified atom stereocenters. The number of halogens is 4. The molecule has 2 heterocycles. The van der Waals surface area contributed by atoms with E-state index < -0.39 is 12.3 Å². The van der Waals surface area contributed by atoms with Crippen molar-refractivity contribution in [3.63, 3.8) is 0 Å². The Morgan fingerprint density at radius 1 is 1.17 bits per heavy atom. The molecular formula is C30H24ClF3N2O5. The first-order valence-electron chi connectivity index (χ1n) is 13.0. The highest BCUT2D eigenvalue weighted by atomic mass is 35.5. The van der Waals surface area contributed by atoms with E-state index in [2.05, 4.69) is 14.9 Å². The SMILES string of the molecule is CC1(c2cncc(C(=O)O)c2)CC1c1ccc(OCc2c(-c3ccccc3OC(F)(F)F)noc2C2CC2)cc1Cl. The number of nitrogens with zero attached hydrogens (tertiary/aromatic N) is 2. The lowest BCUT2D eigenvalue weighted by molar-refractivity contribution is -0.274. The second-order valence-corrected chi connectivity index (χ2v) is 11.0. The Labute approximate surface area is 237 Å². The van der Waals surface area contributed by atoms with E-state index in [0.29, 0.717) is 22.1 Å². The molecule has 1 N–H and O–H groups in total. The zero-order valence-corrected chi connectivity index (χ0v) is 22.5. The van der Waals surface area contributed by atoms with Gasteiger partial charge < -0.3 is 19.1 Å². The van der Waals surface area contributed by atoms with Crippen molar-refractivity contribution >= 4 is 17.6 Å². The summed E-state index contributed by atoms with van der Waals surface area (Å²) in [5.41, 5.74) is 2.53. The zero-order chi connectivity index (χ0) is 28.9. The molecular weight excluding hydrogens is 561 g/mol. The van der Waals surface area contributed by atoms with Crippen molar-refractivity contribution in [3.05, 3.63) is 94.0 Å². The second-order valence-electron chi connectivity index (χ2n) is 10.6. The van der Waals surface area contributed by atoms with Gasteiger partial charge in [-0.1, -0.05) is 41.9 Å². The molecule has 0 aliphatic heterocycles. The van der Waals surface area contributed by atoms with Gasteiger partial charge in [-0.15, -0.1) is 13.2 Å². The van der Waals surface area contributed by atoms with Crippen LogP contribution in [0.2, 0.25) is 5.02 Å². The minimum atomic E-state index is -4.86. The topological polar surface area (TPSA) is 94.7 Å². The predicted molar refractivity (Wildman–Crippen MR) is 142 cm³/mol. The number of alkyl halides is 3. The summed E-state index contributed by atoms with van der Waals surface area (Å²) in [4.78, 5) is 15.5. The van der Waals surface area contributed by atoms with Crippen molar-refractivity contribution in [3.8, 4) is 22.8 Å². The molecule has 2 aliphatic rings. The highest BCUT2D eigenvalue weighted by molar-refractivity contribution is 6.31. The van der Waals surface area contributed by atoms with E-state index in [-0.39, 0.29) is 46.4 Å². The lowest BCUT2D eigenvalue weighted by Gasteiger charge is -2.15. The van der Waals surface area contributed by atoms with Crippen LogP contribution in [-0.2, 0) is 12.0 Å². The monoisotopic (exact) mass is 584 g/mol. The summed E-state index contributed by atoms with van der Waals surface area (Å²) >= 11 is 6.68. The van der Waals surface area contributed by atoms with Crippen LogP contribution in [0.5, 0.6) is 11.5 Å². The van der Waals surface area contributed by atoms with Crippen LogP contribution in [0.3, 0.4) is 0 Å². The largest absolute Gasteiger partial charge is 0.573 e. The van der Waals surface area contributed by atoms with Gasteiger partial charge in [0, 0.05) is 34.3 Å². The third-order valence-electron chi connectivity index (χ3n) is 7.75. The number of pyridine rings is 1. The third kappa shape index (κ3) is 5.48. The second kappa shape index (κ2) is 10.1. The lowest BCUT2D eigenvalue weighted by atomic mass is 9.93. The number of rotatable bonds is 9. The van der Waals surface area contributed by atoms with Gasteiger partial charge in [-0.25, -0.2) is 4.79 Å². The number of aromatic carboxylic acids is 1. The highest BCUT2D eigenvalue weighted by Gasteiger charge is 2.53. The Bertz CT molecular complexity index is 1630. The maximum absolute atomic E-state index is 13.0. The van der Waals surface area contributed by atoms with Gasteiger partial charge in [0.25, 0.3) is 0 Å². The van der Waals surface area contributed by atoms with Crippen molar-refractivity contribution in [2.75, 3.05) is 0 Å². The van der Waals surface area contributed by atoms with Crippen LogP contribution in [0.15, 0.2) is 65.4 Å². The number of para-hydroxylation sites is 1. The van der Waals surface area contributed by atoms with Crippen LogP contribution in [-0.4, -0.2) is 27.6 Å². The van der Waals surface area contributed by atoms with Gasteiger partial charge in [0.2, 0.25) is 0 Å². The normalized spacial score (nSPS) is 20.1. The number of benzene rings is 2. The van der Waals surface area contributed by atoms with E-state index in [0.717, 1.165) is 30.4 Å². The molecule has 0 amide bonds. The Morgan fingerprint density at radius 3 is 2.66 bits per heavy atom. The van der Waals surface area contributed by atoms with Crippen LogP contribution < -0.4 is 9.47 Å². The molecule has 4 aromatic rings. The van der Waals surface area contributed by atoms with Crippen LogP contribution in [0.1, 0.15) is 70.8 Å². The molecule has 0 bridgehead atoms. The quantitative estimate of drug-likeness (QED) is 0.214. The van der Waals surface area contributed by atoms with Crippen molar-refractivity contribution in [2.45, 2.75) is 56.4 Å². The van der Waals surface area contributed by atoms with E-state index in [4.69, 9.17) is 20.9 Å². The van der Waals surface area contributed by atoms with E-state index in [9.17, 15) is 23.1 Å². The molecule has 2 aromatic carbocycles. The summed E-state index contributed by atoms with van der Waals surface area (Å²) in [6.07, 6.45) is 0.724. The number of hydrogen-bond donors (Lipinski definition) is 1. The van der Waals surface area contributed by atoms with Gasteiger partial charge >= 0.3 is 12.3 Å². The average Bonchev–Trinajstić information content (AvgIpc) is 3.85. The van der Waals surface area contributed by atoms with Crippen molar-refractivity contribution in [2.24, 2.45) is 0 Å². The minimum absolute atomic E-state index is 0.00941. The predicted octanol–water partition coefficient (Wildman–Crippen LogP) is 7.89. The van der Waals surface area contributed by atoms with E-state index in [1.807, 2.05) is 13.0 Å². The fourth-order valence-corrected chi connectivity index (χ4v) is 5.56. The highest BCUT2D eigenvalue weighted by Crippen LogP contribution is 2.61. The van der Waals surface area contributed by atoms with Gasteiger partial charge in [0.05, 0.1) is 11.1 Å². The van der Waals surface area contributed by atoms with Crippen LogP contribution in [0, 0.1) is 0 Å². The molecule has 0 radical (unpaired) electrons. The van der Waals surface area contributed by atoms with Crippen molar-refractivity contribution < 1.29 is 37.1 Å². The summed E-state index contributed by atoms with van der Waals surface area (Å²) in [5, 5.41) is 13.9. The molecule has 6 rings (SSSR count). The smallest absolute Gasteiger partial charge is 0.489 e. The van der Waals surface area contributed by atoms with E-state index in [1.165, 1.54) is 24.4 Å².